The van der Waals surface area contributed by atoms with Gasteiger partial charge in [0.25, 0.3) is 5.91 Å². The third-order valence-electron chi connectivity index (χ3n) is 1.69. The number of thioether (sulfide) groups is 1. The minimum atomic E-state index is -0.934. The summed E-state index contributed by atoms with van der Waals surface area (Å²) in [5.41, 5.74) is 0. The number of carboxylic acids is 1. The van der Waals surface area contributed by atoms with E-state index in [1.807, 2.05) is 0 Å². The average molecular weight is 285 g/mol. The van der Waals surface area contributed by atoms with Crippen molar-refractivity contribution in [3.8, 4) is 0 Å². The monoisotopic (exact) mass is 285 g/mol. The van der Waals surface area contributed by atoms with Crippen LogP contribution in [-0.4, -0.2) is 32.9 Å². The Morgan fingerprint density at radius 2 is 2.33 bits per heavy atom. The summed E-state index contributed by atoms with van der Waals surface area (Å²) >= 11 is 2.15. The summed E-state index contributed by atoms with van der Waals surface area (Å²) in [4.78, 5) is 21.9. The van der Waals surface area contributed by atoms with Gasteiger partial charge in [0.2, 0.25) is 5.13 Å². The van der Waals surface area contributed by atoms with Gasteiger partial charge in [0.05, 0.1) is 12.0 Å². The van der Waals surface area contributed by atoms with Crippen molar-refractivity contribution in [1.29, 1.82) is 0 Å². The van der Waals surface area contributed by atoms with Gasteiger partial charge in [-0.05, 0) is 12.1 Å². The summed E-state index contributed by atoms with van der Waals surface area (Å²) < 4.78 is 5.39. The van der Waals surface area contributed by atoms with Crippen LogP contribution in [0.25, 0.3) is 0 Å². The second-order valence-corrected chi connectivity index (χ2v) is 5.19. The highest BCUT2D eigenvalue weighted by Gasteiger charge is 2.12. The predicted molar refractivity (Wildman–Crippen MR) is 64.9 cm³/mol. The lowest BCUT2D eigenvalue weighted by atomic mass is 10.4. The van der Waals surface area contributed by atoms with E-state index in [2.05, 4.69) is 15.5 Å². The van der Waals surface area contributed by atoms with Gasteiger partial charge in [-0.25, -0.2) is 0 Å². The number of carboxylic acid groups (broad SMARTS) is 1. The molecule has 2 aromatic heterocycles. The molecule has 0 spiro atoms. The summed E-state index contributed by atoms with van der Waals surface area (Å²) in [6, 6.07) is 3.12. The third-order valence-corrected chi connectivity index (χ3v) is 3.65. The van der Waals surface area contributed by atoms with Crippen molar-refractivity contribution in [3.63, 3.8) is 0 Å². The molecule has 0 unspecified atom stereocenters. The Morgan fingerprint density at radius 3 is 3.00 bits per heavy atom. The zero-order chi connectivity index (χ0) is 13.0. The average Bonchev–Trinajstić information content (AvgIpc) is 2.97. The highest BCUT2D eigenvalue weighted by Crippen LogP contribution is 2.25. The number of hydrogen-bond donors (Lipinski definition) is 2. The number of carbonyl (C=O) groups excluding carboxylic acids is 1. The number of furan rings is 1. The maximum atomic E-state index is 11.6. The van der Waals surface area contributed by atoms with E-state index in [0.717, 1.165) is 23.1 Å². The van der Waals surface area contributed by atoms with E-state index >= 15 is 0 Å². The molecule has 2 aromatic rings. The molecule has 0 aliphatic carbocycles. The summed E-state index contributed by atoms with van der Waals surface area (Å²) in [5.74, 6) is -1.28. The Balaban J connectivity index is 1.94. The van der Waals surface area contributed by atoms with Crippen molar-refractivity contribution in [3.05, 3.63) is 24.2 Å². The fourth-order valence-electron chi connectivity index (χ4n) is 1.01. The van der Waals surface area contributed by atoms with Crippen LogP contribution in [0.2, 0.25) is 0 Å². The molecule has 0 radical (unpaired) electrons. The predicted octanol–water partition coefficient (Wildman–Crippen LogP) is 1.56. The number of anilines is 1. The lowest BCUT2D eigenvalue weighted by Crippen LogP contribution is -2.10. The molecule has 0 bridgehead atoms. The van der Waals surface area contributed by atoms with Crippen LogP contribution in [0.1, 0.15) is 10.6 Å². The molecule has 0 aliphatic heterocycles. The third kappa shape index (κ3) is 3.31. The number of nitrogens with zero attached hydrogens (tertiary/aromatic N) is 2. The lowest BCUT2D eigenvalue weighted by molar-refractivity contribution is -0.133. The molecule has 0 aliphatic rings. The van der Waals surface area contributed by atoms with Gasteiger partial charge in [0.1, 0.15) is 0 Å². The van der Waals surface area contributed by atoms with Gasteiger partial charge < -0.3 is 9.52 Å². The molecule has 0 saturated carbocycles. The van der Waals surface area contributed by atoms with Crippen LogP contribution in [0.15, 0.2) is 27.2 Å². The number of aliphatic carboxylic acids is 1. The highest BCUT2D eigenvalue weighted by atomic mass is 32.2. The number of hydrogen-bond acceptors (Lipinski definition) is 7. The molecule has 0 aromatic carbocycles. The largest absolute Gasteiger partial charge is 0.481 e. The van der Waals surface area contributed by atoms with Gasteiger partial charge in [-0.2, -0.15) is 0 Å². The first-order valence-corrected chi connectivity index (χ1v) is 6.48. The van der Waals surface area contributed by atoms with E-state index < -0.39 is 11.9 Å². The molecule has 7 nitrogen and oxygen atoms in total. The fraction of sp³-hybridized carbons (Fsp3) is 0.111. The minimum Gasteiger partial charge on any atom is -0.481 e. The SMILES string of the molecule is O=C(O)CSc1nnc(NC(=O)c2ccco2)s1. The zero-order valence-corrected chi connectivity index (χ0v) is 10.5. The van der Waals surface area contributed by atoms with Crippen molar-refractivity contribution in [2.45, 2.75) is 4.34 Å². The number of rotatable bonds is 5. The normalized spacial score (nSPS) is 10.2. The van der Waals surface area contributed by atoms with Gasteiger partial charge in [-0.3, -0.25) is 14.9 Å². The standard InChI is InChI=1S/C9H7N3O4S2/c13-6(14)4-17-9-12-11-8(18-9)10-7(15)5-2-1-3-16-5/h1-3H,4H2,(H,13,14)(H,10,11,15). The van der Waals surface area contributed by atoms with E-state index in [0.29, 0.717) is 9.47 Å². The Labute approximate surface area is 109 Å². The molecule has 0 fully saturated rings. The van der Waals surface area contributed by atoms with Crippen molar-refractivity contribution >= 4 is 40.1 Å². The molecule has 2 rings (SSSR count). The van der Waals surface area contributed by atoms with Gasteiger partial charge in [0, 0.05) is 0 Å². The number of carbonyl (C=O) groups is 2. The smallest absolute Gasteiger partial charge is 0.313 e. The van der Waals surface area contributed by atoms with Crippen LogP contribution in [-0.2, 0) is 4.79 Å². The van der Waals surface area contributed by atoms with Crippen molar-refractivity contribution in [1.82, 2.24) is 10.2 Å². The molecule has 18 heavy (non-hydrogen) atoms. The lowest BCUT2D eigenvalue weighted by Gasteiger charge is -1.95. The molecular weight excluding hydrogens is 278 g/mol. The van der Waals surface area contributed by atoms with Crippen LogP contribution >= 0.6 is 23.1 Å². The molecule has 2 N–H and O–H groups in total. The highest BCUT2D eigenvalue weighted by molar-refractivity contribution is 8.01. The zero-order valence-electron chi connectivity index (χ0n) is 8.82. The molecule has 1 amide bonds. The van der Waals surface area contributed by atoms with Crippen LogP contribution in [0.3, 0.4) is 0 Å². The first kappa shape index (κ1) is 12.6. The Hall–Kier alpha value is -1.87. The second-order valence-electron chi connectivity index (χ2n) is 2.99. The van der Waals surface area contributed by atoms with Crippen molar-refractivity contribution in [2.24, 2.45) is 0 Å². The molecular formula is C9H7N3O4S2. The van der Waals surface area contributed by atoms with Gasteiger partial charge in [-0.1, -0.05) is 23.1 Å². The first-order valence-electron chi connectivity index (χ1n) is 4.68. The van der Waals surface area contributed by atoms with Crippen molar-refractivity contribution < 1.29 is 19.1 Å². The van der Waals surface area contributed by atoms with Gasteiger partial charge >= 0.3 is 5.97 Å². The van der Waals surface area contributed by atoms with Crippen LogP contribution in [0.4, 0.5) is 5.13 Å². The molecule has 0 saturated heterocycles. The van der Waals surface area contributed by atoms with Crippen LogP contribution in [0, 0.1) is 0 Å². The number of amides is 1. The molecule has 94 valence electrons. The van der Waals surface area contributed by atoms with E-state index in [1.54, 1.807) is 6.07 Å². The maximum absolute atomic E-state index is 11.6. The van der Waals surface area contributed by atoms with Crippen molar-refractivity contribution in [2.75, 3.05) is 11.1 Å². The Bertz CT molecular complexity index is 552. The second kappa shape index (κ2) is 5.65. The van der Waals surface area contributed by atoms with Gasteiger partial charge in [-0.15, -0.1) is 10.2 Å². The number of nitrogens with one attached hydrogen (secondary N) is 1. The molecule has 2 heterocycles. The minimum absolute atomic E-state index is 0.0965. The van der Waals surface area contributed by atoms with E-state index in [9.17, 15) is 9.59 Å². The first-order chi connectivity index (χ1) is 8.65. The van der Waals surface area contributed by atoms with E-state index in [1.165, 1.54) is 12.3 Å². The summed E-state index contributed by atoms with van der Waals surface area (Å²) in [5, 5.41) is 18.8. The van der Waals surface area contributed by atoms with Gasteiger partial charge in [0.15, 0.2) is 10.1 Å². The summed E-state index contributed by atoms with van der Waals surface area (Å²) in [7, 11) is 0. The Kier molecular flexibility index (Phi) is 3.95. The van der Waals surface area contributed by atoms with E-state index in [4.69, 9.17) is 9.52 Å². The maximum Gasteiger partial charge on any atom is 0.313 e. The topological polar surface area (TPSA) is 105 Å². The van der Waals surface area contributed by atoms with E-state index in [-0.39, 0.29) is 11.5 Å². The number of aromatic nitrogens is 2. The Morgan fingerprint density at radius 1 is 1.50 bits per heavy atom. The van der Waals surface area contributed by atoms with Crippen LogP contribution < -0.4 is 5.32 Å². The summed E-state index contributed by atoms with van der Waals surface area (Å²) in [6.07, 6.45) is 1.39. The van der Waals surface area contributed by atoms with Crippen LogP contribution in [0.5, 0.6) is 0 Å². The molecule has 0 atom stereocenters. The molecule has 9 heteroatoms. The summed E-state index contributed by atoms with van der Waals surface area (Å²) in [6.45, 7) is 0. The quantitative estimate of drug-likeness (QED) is 0.634. The fourth-order valence-corrected chi connectivity index (χ4v) is 2.48.